The predicted molar refractivity (Wildman–Crippen MR) is 54.8 cm³/mol. The number of aromatic nitrogens is 2. The first-order valence-electron chi connectivity index (χ1n) is 5.26. The molecule has 0 aliphatic heterocycles. The second-order valence-electron chi connectivity index (χ2n) is 3.67. The molecule has 3 nitrogen and oxygen atoms in total. The molecule has 0 atom stereocenters. The maximum absolute atomic E-state index is 12.3. The second kappa shape index (κ2) is 5.34. The number of hydrogen-bond acceptors (Lipinski definition) is 2. The van der Waals surface area contributed by atoms with Gasteiger partial charge in [0.05, 0.1) is 5.69 Å². The standard InChI is InChI=1S/C10H16F3N3/c1-3-4-5-14-7-8-6-9(10(11,12)13)15-16(8)2/h6,14H,3-5,7H2,1-2H3. The van der Waals surface area contributed by atoms with Crippen molar-refractivity contribution in [2.75, 3.05) is 6.54 Å². The van der Waals surface area contributed by atoms with Crippen LogP contribution in [0.4, 0.5) is 13.2 Å². The summed E-state index contributed by atoms with van der Waals surface area (Å²) in [4.78, 5) is 0. The molecule has 1 N–H and O–H groups in total. The molecule has 0 radical (unpaired) electrons. The molecule has 16 heavy (non-hydrogen) atoms. The lowest BCUT2D eigenvalue weighted by Gasteiger charge is -2.03. The van der Waals surface area contributed by atoms with E-state index in [0.717, 1.165) is 25.5 Å². The fourth-order valence-corrected chi connectivity index (χ4v) is 1.33. The highest BCUT2D eigenvalue weighted by molar-refractivity contribution is 5.12. The summed E-state index contributed by atoms with van der Waals surface area (Å²) in [7, 11) is 1.52. The van der Waals surface area contributed by atoms with Gasteiger partial charge in [0, 0.05) is 13.6 Å². The van der Waals surface area contributed by atoms with Crippen molar-refractivity contribution in [3.63, 3.8) is 0 Å². The Kier molecular flexibility index (Phi) is 4.35. The van der Waals surface area contributed by atoms with Crippen molar-refractivity contribution >= 4 is 0 Å². The molecule has 0 saturated heterocycles. The number of aryl methyl sites for hydroxylation is 1. The minimum Gasteiger partial charge on any atom is -0.311 e. The number of nitrogens with zero attached hydrogens (tertiary/aromatic N) is 2. The second-order valence-corrected chi connectivity index (χ2v) is 3.67. The number of alkyl halides is 3. The van der Waals surface area contributed by atoms with Crippen LogP contribution in [0.3, 0.4) is 0 Å². The van der Waals surface area contributed by atoms with Crippen LogP contribution in [0.25, 0.3) is 0 Å². The Bertz CT molecular complexity index is 331. The van der Waals surface area contributed by atoms with Gasteiger partial charge in [0.25, 0.3) is 0 Å². The van der Waals surface area contributed by atoms with Crippen molar-refractivity contribution < 1.29 is 13.2 Å². The summed E-state index contributed by atoms with van der Waals surface area (Å²) in [6.07, 6.45) is -2.28. The predicted octanol–water partition coefficient (Wildman–Crippen LogP) is 2.33. The molecular formula is C10H16F3N3. The third kappa shape index (κ3) is 3.52. The molecule has 0 fully saturated rings. The molecule has 0 amide bonds. The molecule has 0 saturated carbocycles. The zero-order valence-electron chi connectivity index (χ0n) is 9.43. The van der Waals surface area contributed by atoms with Gasteiger partial charge in [-0.1, -0.05) is 13.3 Å². The first kappa shape index (κ1) is 13.0. The van der Waals surface area contributed by atoms with Gasteiger partial charge in [0.2, 0.25) is 0 Å². The van der Waals surface area contributed by atoms with Crippen LogP contribution in [-0.4, -0.2) is 16.3 Å². The Labute approximate surface area is 92.6 Å². The van der Waals surface area contributed by atoms with E-state index in [1.807, 2.05) is 0 Å². The molecule has 0 unspecified atom stereocenters. The van der Waals surface area contributed by atoms with Gasteiger partial charge in [-0.25, -0.2) is 0 Å². The summed E-state index contributed by atoms with van der Waals surface area (Å²) in [6, 6.07) is 1.08. The van der Waals surface area contributed by atoms with E-state index in [9.17, 15) is 13.2 Å². The van der Waals surface area contributed by atoms with E-state index in [2.05, 4.69) is 17.3 Å². The molecule has 0 bridgehead atoms. The zero-order valence-corrected chi connectivity index (χ0v) is 9.43. The molecule has 0 aromatic carbocycles. The highest BCUT2D eigenvalue weighted by atomic mass is 19.4. The summed E-state index contributed by atoms with van der Waals surface area (Å²) in [5.41, 5.74) is -0.286. The quantitative estimate of drug-likeness (QED) is 0.794. The van der Waals surface area contributed by atoms with Crippen LogP contribution in [0.2, 0.25) is 0 Å². The molecular weight excluding hydrogens is 219 g/mol. The van der Waals surface area contributed by atoms with Crippen LogP contribution in [0.1, 0.15) is 31.2 Å². The van der Waals surface area contributed by atoms with Crippen LogP contribution in [0.5, 0.6) is 0 Å². The maximum atomic E-state index is 12.3. The van der Waals surface area contributed by atoms with Crippen molar-refractivity contribution in [1.29, 1.82) is 0 Å². The van der Waals surface area contributed by atoms with Gasteiger partial charge >= 0.3 is 6.18 Å². The van der Waals surface area contributed by atoms with Gasteiger partial charge in [-0.2, -0.15) is 18.3 Å². The van der Waals surface area contributed by atoms with Crippen LogP contribution < -0.4 is 5.32 Å². The van der Waals surface area contributed by atoms with E-state index in [-0.39, 0.29) is 0 Å². The first-order valence-corrected chi connectivity index (χ1v) is 5.26. The van der Waals surface area contributed by atoms with Crippen molar-refractivity contribution in [3.8, 4) is 0 Å². The summed E-state index contributed by atoms with van der Waals surface area (Å²) in [5.74, 6) is 0. The largest absolute Gasteiger partial charge is 0.435 e. The molecule has 92 valence electrons. The van der Waals surface area contributed by atoms with Crippen LogP contribution in [0.15, 0.2) is 6.07 Å². The van der Waals surface area contributed by atoms with Gasteiger partial charge in [-0.05, 0) is 19.0 Å². The molecule has 1 heterocycles. The lowest BCUT2D eigenvalue weighted by Crippen LogP contribution is -2.16. The summed E-state index contributed by atoms with van der Waals surface area (Å²) < 4.78 is 38.2. The fourth-order valence-electron chi connectivity index (χ4n) is 1.33. The molecule has 6 heteroatoms. The van der Waals surface area contributed by atoms with Gasteiger partial charge in [0.15, 0.2) is 5.69 Å². The number of nitrogens with one attached hydrogen (secondary N) is 1. The number of hydrogen-bond donors (Lipinski definition) is 1. The molecule has 1 aromatic heterocycles. The maximum Gasteiger partial charge on any atom is 0.435 e. The van der Waals surface area contributed by atoms with E-state index < -0.39 is 11.9 Å². The highest BCUT2D eigenvalue weighted by Gasteiger charge is 2.34. The summed E-state index contributed by atoms with van der Waals surface area (Å²) in [6.45, 7) is 3.29. The van der Waals surface area contributed by atoms with Crippen molar-refractivity contribution in [2.45, 2.75) is 32.5 Å². The number of rotatable bonds is 5. The van der Waals surface area contributed by atoms with E-state index in [1.165, 1.54) is 11.7 Å². The molecule has 0 aliphatic carbocycles. The number of unbranched alkanes of at least 4 members (excludes halogenated alkanes) is 1. The molecule has 0 aliphatic rings. The molecule has 1 aromatic rings. The van der Waals surface area contributed by atoms with Gasteiger partial charge < -0.3 is 5.32 Å². The minimum absolute atomic E-state index is 0.416. The normalized spacial score (nSPS) is 12.1. The van der Waals surface area contributed by atoms with Crippen LogP contribution in [-0.2, 0) is 19.8 Å². The topological polar surface area (TPSA) is 29.9 Å². The molecule has 0 spiro atoms. The monoisotopic (exact) mass is 235 g/mol. The third-order valence-corrected chi connectivity index (χ3v) is 2.28. The van der Waals surface area contributed by atoms with Gasteiger partial charge in [-0.3, -0.25) is 4.68 Å². The lowest BCUT2D eigenvalue weighted by molar-refractivity contribution is -0.141. The number of halogens is 3. The SMILES string of the molecule is CCCCNCc1cc(C(F)(F)F)nn1C. The van der Waals surface area contributed by atoms with E-state index >= 15 is 0 Å². The third-order valence-electron chi connectivity index (χ3n) is 2.28. The Hall–Kier alpha value is -1.04. The summed E-state index contributed by atoms with van der Waals surface area (Å²) in [5, 5.41) is 6.51. The Morgan fingerprint density at radius 2 is 2.12 bits per heavy atom. The van der Waals surface area contributed by atoms with E-state index in [0.29, 0.717) is 12.2 Å². The molecule has 1 rings (SSSR count). The zero-order chi connectivity index (χ0) is 12.2. The van der Waals surface area contributed by atoms with Crippen LogP contribution >= 0.6 is 0 Å². The smallest absolute Gasteiger partial charge is 0.311 e. The Morgan fingerprint density at radius 3 is 2.62 bits per heavy atom. The first-order chi connectivity index (χ1) is 7.45. The Balaban J connectivity index is 2.57. The van der Waals surface area contributed by atoms with Gasteiger partial charge in [0.1, 0.15) is 0 Å². The van der Waals surface area contributed by atoms with E-state index in [1.54, 1.807) is 0 Å². The average Bonchev–Trinajstić information content (AvgIpc) is 2.55. The fraction of sp³-hybridized carbons (Fsp3) is 0.700. The Morgan fingerprint density at radius 1 is 1.44 bits per heavy atom. The lowest BCUT2D eigenvalue weighted by atomic mass is 10.3. The van der Waals surface area contributed by atoms with Crippen molar-refractivity contribution in [3.05, 3.63) is 17.5 Å². The van der Waals surface area contributed by atoms with Crippen molar-refractivity contribution in [2.24, 2.45) is 7.05 Å². The van der Waals surface area contributed by atoms with Crippen molar-refractivity contribution in [1.82, 2.24) is 15.1 Å². The van der Waals surface area contributed by atoms with Crippen LogP contribution in [0, 0.1) is 0 Å². The summed E-state index contributed by atoms with van der Waals surface area (Å²) >= 11 is 0. The highest BCUT2D eigenvalue weighted by Crippen LogP contribution is 2.28. The average molecular weight is 235 g/mol. The van der Waals surface area contributed by atoms with Gasteiger partial charge in [-0.15, -0.1) is 0 Å². The minimum atomic E-state index is -4.36. The van der Waals surface area contributed by atoms with E-state index in [4.69, 9.17) is 0 Å².